The van der Waals surface area contributed by atoms with Crippen molar-refractivity contribution < 1.29 is 21.6 Å². The molecule has 26 heavy (non-hydrogen) atoms. The number of nitriles is 1. The number of sulfonamides is 1. The molecule has 0 spiro atoms. The standard InChI is InChI=1S/C16H13F3N4O2S/c17-16(18,19)12-5-6-21-15(7-12)23-9-13(10-23)22-26(24,25)14-4-2-1-3-11(14)8-20/h1-7,13,22H,9-10H2. The van der Waals surface area contributed by atoms with Gasteiger partial charge in [-0.05, 0) is 24.3 Å². The molecule has 2 heterocycles. The highest BCUT2D eigenvalue weighted by molar-refractivity contribution is 7.89. The summed E-state index contributed by atoms with van der Waals surface area (Å²) in [6.07, 6.45) is -3.40. The number of anilines is 1. The number of hydrogen-bond donors (Lipinski definition) is 1. The second-order valence-corrected chi connectivity index (χ2v) is 7.41. The van der Waals surface area contributed by atoms with Crippen LogP contribution in [0.2, 0.25) is 0 Å². The summed E-state index contributed by atoms with van der Waals surface area (Å²) in [7, 11) is -3.90. The topological polar surface area (TPSA) is 86.1 Å². The van der Waals surface area contributed by atoms with E-state index in [2.05, 4.69) is 9.71 Å². The van der Waals surface area contributed by atoms with Crippen LogP contribution >= 0.6 is 0 Å². The highest BCUT2D eigenvalue weighted by Gasteiger charge is 2.35. The molecule has 1 aliphatic rings. The van der Waals surface area contributed by atoms with E-state index in [1.54, 1.807) is 11.0 Å². The van der Waals surface area contributed by atoms with Crippen molar-refractivity contribution in [2.45, 2.75) is 17.1 Å². The van der Waals surface area contributed by atoms with Gasteiger partial charge in [0.1, 0.15) is 11.9 Å². The van der Waals surface area contributed by atoms with Crippen LogP contribution in [-0.4, -0.2) is 32.5 Å². The van der Waals surface area contributed by atoms with Gasteiger partial charge in [0.05, 0.1) is 22.1 Å². The number of nitrogens with one attached hydrogen (secondary N) is 1. The summed E-state index contributed by atoms with van der Waals surface area (Å²) in [5.41, 5.74) is -0.787. The number of nitrogens with zero attached hydrogens (tertiary/aromatic N) is 3. The first-order chi connectivity index (χ1) is 12.2. The molecule has 0 amide bonds. The molecule has 136 valence electrons. The maximum Gasteiger partial charge on any atom is 0.416 e. The molecular formula is C16H13F3N4O2S. The molecule has 1 fully saturated rings. The van der Waals surface area contributed by atoms with E-state index in [1.165, 1.54) is 18.2 Å². The van der Waals surface area contributed by atoms with Crippen LogP contribution in [0.1, 0.15) is 11.1 Å². The Morgan fingerprint density at radius 3 is 2.58 bits per heavy atom. The predicted octanol–water partition coefficient (Wildman–Crippen LogP) is 2.14. The van der Waals surface area contributed by atoms with Crippen molar-refractivity contribution in [3.8, 4) is 6.07 Å². The molecule has 2 aromatic rings. The van der Waals surface area contributed by atoms with Crippen LogP contribution in [0.15, 0.2) is 47.5 Å². The minimum atomic E-state index is -4.47. The van der Waals surface area contributed by atoms with Crippen LogP contribution < -0.4 is 9.62 Å². The molecule has 0 unspecified atom stereocenters. The van der Waals surface area contributed by atoms with E-state index in [0.717, 1.165) is 18.3 Å². The predicted molar refractivity (Wildman–Crippen MR) is 86.7 cm³/mol. The number of rotatable bonds is 4. The lowest BCUT2D eigenvalue weighted by atomic mass is 10.1. The fourth-order valence-corrected chi connectivity index (χ4v) is 3.96. The Balaban J connectivity index is 1.69. The largest absolute Gasteiger partial charge is 0.416 e. The normalized spacial score (nSPS) is 15.4. The quantitative estimate of drug-likeness (QED) is 0.876. The molecule has 10 heteroatoms. The number of halogens is 3. The molecule has 1 N–H and O–H groups in total. The third kappa shape index (κ3) is 3.63. The van der Waals surface area contributed by atoms with Gasteiger partial charge >= 0.3 is 6.18 Å². The molecule has 6 nitrogen and oxygen atoms in total. The Morgan fingerprint density at radius 2 is 1.92 bits per heavy atom. The first-order valence-electron chi connectivity index (χ1n) is 7.50. The Labute approximate surface area is 147 Å². The lowest BCUT2D eigenvalue weighted by Gasteiger charge is -2.40. The van der Waals surface area contributed by atoms with Gasteiger partial charge < -0.3 is 4.90 Å². The van der Waals surface area contributed by atoms with Crippen molar-refractivity contribution >= 4 is 15.8 Å². The van der Waals surface area contributed by atoms with Crippen LogP contribution in [0.25, 0.3) is 0 Å². The monoisotopic (exact) mass is 382 g/mol. The SMILES string of the molecule is N#Cc1ccccc1S(=O)(=O)NC1CN(c2cc(C(F)(F)F)ccn2)C1. The molecule has 0 bridgehead atoms. The lowest BCUT2D eigenvalue weighted by Crippen LogP contribution is -2.59. The number of alkyl halides is 3. The van der Waals surface area contributed by atoms with Gasteiger partial charge in [-0.2, -0.15) is 18.4 Å². The second-order valence-electron chi connectivity index (χ2n) is 5.73. The van der Waals surface area contributed by atoms with Crippen molar-refractivity contribution in [2.24, 2.45) is 0 Å². The summed E-state index contributed by atoms with van der Waals surface area (Å²) in [6, 6.07) is 8.93. The second kappa shape index (κ2) is 6.59. The average Bonchev–Trinajstić information content (AvgIpc) is 2.57. The van der Waals surface area contributed by atoms with E-state index >= 15 is 0 Å². The molecule has 1 aliphatic heterocycles. The Kier molecular flexibility index (Phi) is 4.60. The summed E-state index contributed by atoms with van der Waals surface area (Å²) < 4.78 is 65.5. The lowest BCUT2D eigenvalue weighted by molar-refractivity contribution is -0.137. The molecule has 1 aromatic heterocycles. The molecule has 0 atom stereocenters. The summed E-state index contributed by atoms with van der Waals surface area (Å²) in [5, 5.41) is 9.02. The van der Waals surface area contributed by atoms with Gasteiger partial charge in [0, 0.05) is 19.3 Å². The third-order valence-electron chi connectivity index (χ3n) is 3.90. The Hall–Kier alpha value is -2.64. The smallest absolute Gasteiger partial charge is 0.353 e. The van der Waals surface area contributed by atoms with Crippen molar-refractivity contribution in [2.75, 3.05) is 18.0 Å². The molecule has 3 rings (SSSR count). The minimum Gasteiger partial charge on any atom is -0.353 e. The van der Waals surface area contributed by atoms with Crippen LogP contribution in [0.3, 0.4) is 0 Å². The van der Waals surface area contributed by atoms with Crippen LogP contribution in [-0.2, 0) is 16.2 Å². The molecular weight excluding hydrogens is 369 g/mol. The summed E-state index contributed by atoms with van der Waals surface area (Å²) in [6.45, 7) is 0.366. The first-order valence-corrected chi connectivity index (χ1v) is 8.99. The van der Waals surface area contributed by atoms with Crippen molar-refractivity contribution in [3.05, 3.63) is 53.7 Å². The number of pyridine rings is 1. The summed E-state index contributed by atoms with van der Waals surface area (Å²) in [4.78, 5) is 5.31. The Morgan fingerprint density at radius 1 is 1.23 bits per heavy atom. The van der Waals surface area contributed by atoms with Gasteiger partial charge in [-0.3, -0.25) is 0 Å². The van der Waals surface area contributed by atoms with Gasteiger partial charge in [-0.15, -0.1) is 0 Å². The molecule has 0 radical (unpaired) electrons. The molecule has 1 saturated heterocycles. The van der Waals surface area contributed by atoms with E-state index in [9.17, 15) is 21.6 Å². The highest BCUT2D eigenvalue weighted by Crippen LogP contribution is 2.31. The average molecular weight is 382 g/mol. The zero-order chi connectivity index (χ0) is 18.9. The Bertz CT molecular complexity index is 964. The van der Waals surface area contributed by atoms with Gasteiger partial charge in [-0.1, -0.05) is 12.1 Å². The zero-order valence-electron chi connectivity index (χ0n) is 13.2. The third-order valence-corrected chi connectivity index (χ3v) is 5.48. The van der Waals surface area contributed by atoms with Gasteiger partial charge in [-0.25, -0.2) is 18.1 Å². The zero-order valence-corrected chi connectivity index (χ0v) is 14.0. The van der Waals surface area contributed by atoms with E-state index < -0.39 is 27.8 Å². The minimum absolute atomic E-state index is 0.0238. The summed E-state index contributed by atoms with van der Waals surface area (Å²) in [5.74, 6) is 0.132. The van der Waals surface area contributed by atoms with Gasteiger partial charge in [0.15, 0.2) is 0 Å². The van der Waals surface area contributed by atoms with Crippen molar-refractivity contribution in [1.29, 1.82) is 5.26 Å². The fourth-order valence-electron chi connectivity index (χ4n) is 2.58. The van der Waals surface area contributed by atoms with Crippen LogP contribution in [0.5, 0.6) is 0 Å². The van der Waals surface area contributed by atoms with E-state index in [-0.39, 0.29) is 29.4 Å². The molecule has 0 aliphatic carbocycles. The maximum absolute atomic E-state index is 12.7. The van der Waals surface area contributed by atoms with Crippen LogP contribution in [0.4, 0.5) is 19.0 Å². The van der Waals surface area contributed by atoms with Crippen molar-refractivity contribution in [3.63, 3.8) is 0 Å². The van der Waals surface area contributed by atoms with Gasteiger partial charge in [0.2, 0.25) is 10.0 Å². The number of aromatic nitrogens is 1. The van der Waals surface area contributed by atoms with E-state index in [4.69, 9.17) is 5.26 Å². The highest BCUT2D eigenvalue weighted by atomic mass is 32.2. The molecule has 0 saturated carbocycles. The first kappa shape index (κ1) is 18.2. The van der Waals surface area contributed by atoms with Gasteiger partial charge in [0.25, 0.3) is 0 Å². The van der Waals surface area contributed by atoms with E-state index in [1.807, 2.05) is 6.07 Å². The summed E-state index contributed by atoms with van der Waals surface area (Å²) >= 11 is 0. The molecule has 1 aromatic carbocycles. The van der Waals surface area contributed by atoms with Crippen LogP contribution in [0, 0.1) is 11.3 Å². The number of benzene rings is 1. The van der Waals surface area contributed by atoms with Crippen molar-refractivity contribution in [1.82, 2.24) is 9.71 Å². The number of hydrogen-bond acceptors (Lipinski definition) is 5. The fraction of sp³-hybridized carbons (Fsp3) is 0.250. The maximum atomic E-state index is 12.7. The van der Waals surface area contributed by atoms with E-state index in [0.29, 0.717) is 0 Å².